The van der Waals surface area contributed by atoms with Gasteiger partial charge in [-0.05, 0) is 81.2 Å². The number of alkyl halides is 3. The smallest absolute Gasteiger partial charge is 0.321 e. The van der Waals surface area contributed by atoms with Gasteiger partial charge >= 0.3 is 6.18 Å². The predicted molar refractivity (Wildman–Crippen MR) is 125 cm³/mol. The molecule has 3 aromatic rings. The molecular formula is C25H25F3N4O2S. The van der Waals surface area contributed by atoms with Gasteiger partial charge in [-0.2, -0.15) is 23.2 Å². The Kier molecular flexibility index (Phi) is 5.49. The first kappa shape index (κ1) is 23.8. The molecule has 1 aromatic carbocycles. The first-order valence-electron chi connectivity index (χ1n) is 11.6. The molecule has 0 saturated heterocycles. The zero-order valence-corrected chi connectivity index (χ0v) is 20.2. The fourth-order valence-corrected chi connectivity index (χ4v) is 5.88. The summed E-state index contributed by atoms with van der Waals surface area (Å²) in [5, 5.41) is 10.9. The number of benzene rings is 1. The van der Waals surface area contributed by atoms with Gasteiger partial charge in [-0.3, -0.25) is 0 Å². The molecular weight excluding hydrogens is 477 g/mol. The Labute approximate surface area is 201 Å². The van der Waals surface area contributed by atoms with Crippen LogP contribution in [0.5, 0.6) is 0 Å². The van der Waals surface area contributed by atoms with E-state index in [-0.39, 0.29) is 10.9 Å². The third-order valence-corrected chi connectivity index (χ3v) is 8.67. The number of fused-ring (bicyclic) bond motifs is 1. The van der Waals surface area contributed by atoms with Crippen molar-refractivity contribution in [1.29, 1.82) is 5.26 Å². The third-order valence-electron chi connectivity index (χ3n) is 7.00. The molecule has 6 nitrogen and oxygen atoms in total. The number of nitrogens with one attached hydrogen (secondary N) is 1. The van der Waals surface area contributed by atoms with Gasteiger partial charge in [0.05, 0.1) is 16.2 Å². The third kappa shape index (κ3) is 4.10. The maximum absolute atomic E-state index is 13.2. The Morgan fingerprint density at radius 2 is 1.77 bits per heavy atom. The van der Waals surface area contributed by atoms with Crippen molar-refractivity contribution in [2.24, 2.45) is 0 Å². The van der Waals surface area contributed by atoms with Crippen LogP contribution in [0.15, 0.2) is 41.4 Å². The Morgan fingerprint density at radius 3 is 2.29 bits per heavy atom. The van der Waals surface area contributed by atoms with Crippen molar-refractivity contribution in [3.63, 3.8) is 0 Å². The summed E-state index contributed by atoms with van der Waals surface area (Å²) in [6, 6.07) is 10.2. The molecule has 0 atom stereocenters. The van der Waals surface area contributed by atoms with Crippen molar-refractivity contribution in [1.82, 2.24) is 14.3 Å². The van der Waals surface area contributed by atoms with Gasteiger partial charge in [-0.1, -0.05) is 12.1 Å². The number of hydrogen-bond acceptors (Lipinski definition) is 4. The molecule has 0 aliphatic heterocycles. The summed E-state index contributed by atoms with van der Waals surface area (Å²) >= 11 is 0. The summed E-state index contributed by atoms with van der Waals surface area (Å²) in [6.45, 7) is 1.55. The van der Waals surface area contributed by atoms with Crippen LogP contribution in [-0.4, -0.2) is 29.7 Å². The molecule has 2 aliphatic carbocycles. The molecule has 2 fully saturated rings. The van der Waals surface area contributed by atoms with Crippen LogP contribution in [0.4, 0.5) is 13.2 Å². The summed E-state index contributed by atoms with van der Waals surface area (Å²) < 4.78 is 68.8. The van der Waals surface area contributed by atoms with Crippen LogP contribution in [0.3, 0.4) is 0 Å². The van der Waals surface area contributed by atoms with Crippen LogP contribution >= 0.6 is 0 Å². The van der Waals surface area contributed by atoms with E-state index in [2.05, 4.69) is 10.6 Å². The highest BCUT2D eigenvalue weighted by Crippen LogP contribution is 2.45. The zero-order chi connectivity index (χ0) is 25.2. The lowest BCUT2D eigenvalue weighted by molar-refractivity contribution is -0.180. The minimum Gasteiger partial charge on any atom is -0.321 e. The molecule has 2 heterocycles. The van der Waals surface area contributed by atoms with Gasteiger partial charge in [-0.25, -0.2) is 13.4 Å². The molecule has 0 bridgehead atoms. The van der Waals surface area contributed by atoms with Gasteiger partial charge in [0.15, 0.2) is 0 Å². The van der Waals surface area contributed by atoms with Gasteiger partial charge in [0.1, 0.15) is 17.3 Å². The van der Waals surface area contributed by atoms with Crippen molar-refractivity contribution in [3.05, 3.63) is 47.7 Å². The van der Waals surface area contributed by atoms with E-state index < -0.39 is 21.7 Å². The number of sulfonamides is 1. The summed E-state index contributed by atoms with van der Waals surface area (Å²) in [4.78, 5) is 4.44. The van der Waals surface area contributed by atoms with Gasteiger partial charge in [-0.15, -0.1) is 0 Å². The molecule has 2 saturated carbocycles. The first-order chi connectivity index (χ1) is 16.4. The normalized spacial score (nSPS) is 17.4. The summed E-state index contributed by atoms with van der Waals surface area (Å²) in [6.07, 6.45) is 2.33. The second kappa shape index (κ2) is 8.07. The monoisotopic (exact) mass is 502 g/mol. The molecule has 2 aromatic heterocycles. The molecule has 2 aliphatic rings. The van der Waals surface area contributed by atoms with Crippen molar-refractivity contribution in [2.75, 3.05) is 0 Å². The largest absolute Gasteiger partial charge is 0.407 e. The number of aromatic nitrogens is 2. The van der Waals surface area contributed by atoms with E-state index in [1.165, 1.54) is 12.1 Å². The average molecular weight is 503 g/mol. The molecule has 0 amide bonds. The summed E-state index contributed by atoms with van der Waals surface area (Å²) in [5.74, 6) is 0.479. The molecule has 0 unspecified atom stereocenters. The van der Waals surface area contributed by atoms with Gasteiger partial charge < -0.3 is 4.57 Å². The lowest BCUT2D eigenvalue weighted by atomic mass is 9.92. The summed E-state index contributed by atoms with van der Waals surface area (Å²) in [7, 11) is -4.42. The fraction of sp³-hybridized carbons (Fsp3) is 0.440. The Morgan fingerprint density at radius 1 is 1.11 bits per heavy atom. The van der Waals surface area contributed by atoms with E-state index >= 15 is 0 Å². The van der Waals surface area contributed by atoms with Crippen LogP contribution in [0.2, 0.25) is 0 Å². The highest BCUT2D eigenvalue weighted by atomic mass is 32.2. The van der Waals surface area contributed by atoms with E-state index in [0.717, 1.165) is 62.5 Å². The van der Waals surface area contributed by atoms with Crippen LogP contribution < -0.4 is 4.72 Å². The van der Waals surface area contributed by atoms with Gasteiger partial charge in [0.2, 0.25) is 10.0 Å². The number of pyridine rings is 1. The highest BCUT2D eigenvalue weighted by Gasteiger charge is 2.49. The fourth-order valence-electron chi connectivity index (χ4n) is 4.49. The Hall–Kier alpha value is -2.90. The number of hydrogen-bond donors (Lipinski definition) is 1. The first-order valence-corrected chi connectivity index (χ1v) is 13.1. The number of nitrogens with zero attached hydrogens (tertiary/aromatic N) is 3. The highest BCUT2D eigenvalue weighted by molar-refractivity contribution is 7.89. The molecule has 0 radical (unpaired) electrons. The van der Waals surface area contributed by atoms with Crippen LogP contribution in [0.25, 0.3) is 22.3 Å². The molecule has 10 heteroatoms. The average Bonchev–Trinajstić information content (AvgIpc) is 3.54. The second-order valence-corrected chi connectivity index (χ2v) is 11.6. The molecule has 1 N–H and O–H groups in total. The topological polar surface area (TPSA) is 87.8 Å². The minimum atomic E-state index is -4.75. The Bertz CT molecular complexity index is 1440. The lowest BCUT2D eigenvalue weighted by Crippen LogP contribution is -2.54. The molecule has 35 heavy (non-hydrogen) atoms. The van der Waals surface area contributed by atoms with E-state index in [1.54, 1.807) is 16.9 Å². The second-order valence-electron chi connectivity index (χ2n) is 9.96. The minimum absolute atomic E-state index is 0.187. The van der Waals surface area contributed by atoms with Crippen LogP contribution in [0, 0.1) is 11.3 Å². The predicted octanol–water partition coefficient (Wildman–Crippen LogP) is 5.80. The van der Waals surface area contributed by atoms with Crippen molar-refractivity contribution in [3.8, 4) is 17.3 Å². The van der Waals surface area contributed by atoms with Gasteiger partial charge in [0, 0.05) is 17.6 Å². The number of rotatable bonds is 6. The van der Waals surface area contributed by atoms with Crippen molar-refractivity contribution < 1.29 is 21.6 Å². The summed E-state index contributed by atoms with van der Waals surface area (Å²) in [5.41, 5.74) is 0.990. The SMILES string of the molecule is CC(C)(NS(=O)(=O)c1ccc(-c2c(C#N)c3cc(C4CC4)cnc3n2C2CCC2)cc1)C(F)(F)F. The maximum atomic E-state index is 13.2. The van der Waals surface area contributed by atoms with Crippen LogP contribution in [0.1, 0.15) is 69.0 Å². The standard InChI is InChI=1S/C25H25F3N4O2S/c1-24(2,25(26,27)28)31-35(33,34)19-10-8-16(9-11-19)22-21(13-29)20-12-17(15-6-7-15)14-30-23(20)32(22)18-4-3-5-18/h8-12,14-15,18,31H,3-7H2,1-2H3. The molecule has 184 valence electrons. The van der Waals surface area contributed by atoms with E-state index in [4.69, 9.17) is 4.98 Å². The number of halogens is 3. The van der Waals surface area contributed by atoms with Crippen molar-refractivity contribution in [2.45, 2.75) is 74.5 Å². The van der Waals surface area contributed by atoms with E-state index in [9.17, 15) is 26.9 Å². The quantitative estimate of drug-likeness (QED) is 0.462. The Balaban J connectivity index is 1.58. The van der Waals surface area contributed by atoms with E-state index in [1.807, 2.05) is 12.3 Å². The molecule has 0 spiro atoms. The van der Waals surface area contributed by atoms with Gasteiger partial charge in [0.25, 0.3) is 0 Å². The molecule has 5 rings (SSSR count). The van der Waals surface area contributed by atoms with E-state index in [0.29, 0.717) is 22.7 Å². The lowest BCUT2D eigenvalue weighted by Gasteiger charge is -2.30. The zero-order valence-electron chi connectivity index (χ0n) is 19.4. The number of nitriles is 1. The maximum Gasteiger partial charge on any atom is 0.407 e. The van der Waals surface area contributed by atoms with Crippen LogP contribution in [-0.2, 0) is 10.0 Å². The van der Waals surface area contributed by atoms with Crippen molar-refractivity contribution >= 4 is 21.1 Å².